The molecule has 54 heavy (non-hydrogen) atoms. The number of rotatable bonds is 2. The van der Waals surface area contributed by atoms with E-state index in [0.717, 1.165) is 68.5 Å². The second-order valence-corrected chi connectivity index (χ2v) is 14.6. The molecule has 0 saturated heterocycles. The van der Waals surface area contributed by atoms with E-state index < -0.39 is 5.66 Å². The SMILES string of the molecule is Cc1c(-c2ccc(-c3ccccc3)cc2)c(C)[n+]2n1-c1cccc3c1C21c2c(ccc4c2N3c2ccccc2O4)N2c3ccccc3Oc3ccc[n+]1c32. The van der Waals surface area contributed by atoms with Gasteiger partial charge in [-0.05, 0) is 84.3 Å². The lowest BCUT2D eigenvalue weighted by molar-refractivity contribution is -0.993. The quantitative estimate of drug-likeness (QED) is 0.169. The number of hydrogen-bond donors (Lipinski definition) is 0. The van der Waals surface area contributed by atoms with E-state index in [4.69, 9.17) is 9.47 Å². The molecular formula is C47H31N5O2+2. The van der Waals surface area contributed by atoms with E-state index in [1.54, 1.807) is 0 Å². The Morgan fingerprint density at radius 2 is 1.09 bits per heavy atom. The fourth-order valence-corrected chi connectivity index (χ4v) is 10.1. The molecule has 7 nitrogen and oxygen atoms in total. The first kappa shape index (κ1) is 28.5. The van der Waals surface area contributed by atoms with Gasteiger partial charge in [-0.3, -0.25) is 0 Å². The van der Waals surface area contributed by atoms with E-state index in [-0.39, 0.29) is 0 Å². The van der Waals surface area contributed by atoms with Crippen molar-refractivity contribution in [1.29, 1.82) is 0 Å². The van der Waals surface area contributed by atoms with Gasteiger partial charge in [-0.2, -0.15) is 9.47 Å². The molecule has 254 valence electrons. The molecule has 5 aliphatic heterocycles. The minimum atomic E-state index is -0.826. The highest BCUT2D eigenvalue weighted by Gasteiger charge is 2.72. The number of fused-ring (bicyclic) bond motifs is 8. The molecule has 0 fully saturated rings. The van der Waals surface area contributed by atoms with Crippen LogP contribution in [0.3, 0.4) is 0 Å². The predicted molar refractivity (Wildman–Crippen MR) is 208 cm³/mol. The molecule has 5 aliphatic rings. The maximum Gasteiger partial charge on any atom is 0.394 e. The highest BCUT2D eigenvalue weighted by Crippen LogP contribution is 2.66. The van der Waals surface area contributed by atoms with Crippen molar-refractivity contribution in [1.82, 2.24) is 4.68 Å². The van der Waals surface area contributed by atoms with Crippen LogP contribution < -0.4 is 28.5 Å². The Balaban J connectivity index is 1.18. The van der Waals surface area contributed by atoms with Crippen LogP contribution in [0.25, 0.3) is 27.9 Å². The maximum absolute atomic E-state index is 6.84. The number of pyridine rings is 1. The van der Waals surface area contributed by atoms with E-state index in [1.165, 1.54) is 39.2 Å². The molecule has 8 aromatic rings. The monoisotopic (exact) mass is 697 g/mol. The molecule has 7 heteroatoms. The Hall–Kier alpha value is -7.12. The molecular weight excluding hydrogens is 667 g/mol. The zero-order chi connectivity index (χ0) is 35.4. The van der Waals surface area contributed by atoms with Gasteiger partial charge in [0.1, 0.15) is 16.9 Å². The number of hydrogen-bond acceptors (Lipinski definition) is 4. The fraction of sp³-hybridized carbons (Fsp3) is 0.0638. The van der Waals surface area contributed by atoms with E-state index in [0.29, 0.717) is 0 Å². The Morgan fingerprint density at radius 3 is 1.89 bits per heavy atom. The summed E-state index contributed by atoms with van der Waals surface area (Å²) in [6.45, 7) is 4.55. The number of nitrogens with zero attached hydrogens (tertiary/aromatic N) is 5. The smallest absolute Gasteiger partial charge is 0.394 e. The van der Waals surface area contributed by atoms with Crippen molar-refractivity contribution in [3.8, 4) is 50.9 Å². The summed E-state index contributed by atoms with van der Waals surface area (Å²) in [6.07, 6.45) is 2.23. The number of ether oxygens (including phenoxy) is 2. The summed E-state index contributed by atoms with van der Waals surface area (Å²) in [5.74, 6) is 4.31. The van der Waals surface area contributed by atoms with E-state index in [2.05, 4.69) is 177 Å². The Kier molecular flexibility index (Phi) is 5.08. The summed E-state index contributed by atoms with van der Waals surface area (Å²) >= 11 is 0. The standard InChI is InChI=1S/C47H31N5O2/c1-28-42(32-23-21-31(22-24-32)30-12-4-3-5-13-30)29(2)52-47-43-35(16-10-17-37(43)51(28)52)49-33-14-6-8-18-38(33)53-40-26-25-36(44(47)45(40)49)50-34-15-7-9-19-39(34)54-41-20-11-27-48(47)46(41)50/h3-27H,1-2H3/q+2. The molecule has 13 rings (SSSR count). The first-order valence-electron chi connectivity index (χ1n) is 18.5. The third-order valence-corrected chi connectivity index (χ3v) is 12.1. The van der Waals surface area contributed by atoms with Crippen molar-refractivity contribution in [2.75, 3.05) is 9.80 Å². The average Bonchev–Trinajstić information content (AvgIpc) is 3.68. The summed E-state index contributed by atoms with van der Waals surface area (Å²) in [5, 5.41) is 0. The lowest BCUT2D eigenvalue weighted by Crippen LogP contribution is -2.78. The van der Waals surface area contributed by atoms with Crippen LogP contribution in [0.4, 0.5) is 34.3 Å². The van der Waals surface area contributed by atoms with Crippen LogP contribution in [0.1, 0.15) is 22.5 Å². The van der Waals surface area contributed by atoms with Gasteiger partial charge in [-0.25, -0.2) is 0 Å². The second-order valence-electron chi connectivity index (χ2n) is 14.6. The van der Waals surface area contributed by atoms with Gasteiger partial charge in [0, 0.05) is 6.92 Å². The van der Waals surface area contributed by atoms with E-state index >= 15 is 0 Å². The van der Waals surface area contributed by atoms with Crippen molar-refractivity contribution in [2.24, 2.45) is 0 Å². The molecule has 1 atom stereocenters. The van der Waals surface area contributed by atoms with Crippen LogP contribution >= 0.6 is 0 Å². The number of anilines is 6. The number of aromatic nitrogens is 3. The van der Waals surface area contributed by atoms with E-state index in [9.17, 15) is 0 Å². The molecule has 0 aliphatic carbocycles. The first-order chi connectivity index (χ1) is 26.6. The average molecular weight is 698 g/mol. The topological polar surface area (TPSA) is 37.6 Å². The molecule has 0 amide bonds. The predicted octanol–water partition coefficient (Wildman–Crippen LogP) is 10.4. The molecule has 0 N–H and O–H groups in total. The van der Waals surface area contributed by atoms with Crippen molar-refractivity contribution >= 4 is 34.3 Å². The molecule has 6 aromatic carbocycles. The molecule has 1 unspecified atom stereocenters. The van der Waals surface area contributed by atoms with Crippen LogP contribution in [0.2, 0.25) is 0 Å². The molecule has 0 bridgehead atoms. The van der Waals surface area contributed by atoms with Crippen molar-refractivity contribution in [2.45, 2.75) is 19.5 Å². The molecule has 7 heterocycles. The van der Waals surface area contributed by atoms with Gasteiger partial charge in [0.25, 0.3) is 0 Å². The van der Waals surface area contributed by atoms with Crippen LogP contribution in [-0.4, -0.2) is 4.68 Å². The number of para-hydroxylation sites is 4. The molecule has 0 saturated carbocycles. The summed E-state index contributed by atoms with van der Waals surface area (Å²) in [7, 11) is 0. The number of benzene rings is 6. The van der Waals surface area contributed by atoms with Crippen LogP contribution in [0.5, 0.6) is 23.0 Å². The lowest BCUT2D eigenvalue weighted by Gasteiger charge is -2.44. The normalized spacial score (nSPS) is 16.6. The van der Waals surface area contributed by atoms with Gasteiger partial charge in [0.05, 0.1) is 28.8 Å². The molecule has 2 aromatic heterocycles. The zero-order valence-corrected chi connectivity index (χ0v) is 29.5. The van der Waals surface area contributed by atoms with Gasteiger partial charge in [0.2, 0.25) is 11.4 Å². The van der Waals surface area contributed by atoms with Crippen LogP contribution in [0.15, 0.2) is 152 Å². The van der Waals surface area contributed by atoms with Crippen molar-refractivity contribution in [3.63, 3.8) is 0 Å². The summed E-state index contributed by atoms with van der Waals surface area (Å²) < 4.78 is 21.1. The van der Waals surface area contributed by atoms with Gasteiger partial charge in [-0.1, -0.05) is 89.6 Å². The third kappa shape index (κ3) is 3.14. The molecule has 0 radical (unpaired) electrons. The lowest BCUT2D eigenvalue weighted by atomic mass is 9.79. The highest BCUT2D eigenvalue weighted by atomic mass is 16.5. The van der Waals surface area contributed by atoms with Crippen molar-refractivity contribution < 1.29 is 18.7 Å². The minimum Gasteiger partial charge on any atom is -0.453 e. The van der Waals surface area contributed by atoms with Crippen molar-refractivity contribution in [3.05, 3.63) is 174 Å². The van der Waals surface area contributed by atoms with Gasteiger partial charge in [-0.15, -0.1) is 4.68 Å². The second kappa shape index (κ2) is 9.65. The summed E-state index contributed by atoms with van der Waals surface area (Å²) in [6, 6.07) is 51.7. The fourth-order valence-electron chi connectivity index (χ4n) is 10.1. The maximum atomic E-state index is 6.84. The van der Waals surface area contributed by atoms with E-state index in [1.807, 2.05) is 12.1 Å². The zero-order valence-electron chi connectivity index (χ0n) is 29.5. The summed E-state index contributed by atoms with van der Waals surface area (Å²) in [4.78, 5) is 4.83. The highest BCUT2D eigenvalue weighted by molar-refractivity contribution is 5.99. The van der Waals surface area contributed by atoms with Crippen LogP contribution in [-0.2, 0) is 5.66 Å². The first-order valence-corrected chi connectivity index (χ1v) is 18.5. The third-order valence-electron chi connectivity index (χ3n) is 12.1. The largest absolute Gasteiger partial charge is 0.453 e. The van der Waals surface area contributed by atoms with Gasteiger partial charge >= 0.3 is 11.5 Å². The Bertz CT molecular complexity index is 2990. The van der Waals surface area contributed by atoms with Crippen LogP contribution in [0, 0.1) is 13.8 Å². The minimum absolute atomic E-state index is 0.814. The Morgan fingerprint density at radius 1 is 0.481 bits per heavy atom. The Labute approximate surface area is 311 Å². The summed E-state index contributed by atoms with van der Waals surface area (Å²) in [5.41, 5.74) is 15.2. The molecule has 1 spiro atoms. The van der Waals surface area contributed by atoms with Gasteiger partial charge in [0.15, 0.2) is 34.2 Å². The van der Waals surface area contributed by atoms with Gasteiger partial charge < -0.3 is 14.4 Å².